The van der Waals surface area contributed by atoms with E-state index in [1.165, 1.54) is 32.1 Å². The number of pyridine rings is 1. The van der Waals surface area contributed by atoms with Gasteiger partial charge in [0.25, 0.3) is 0 Å². The van der Waals surface area contributed by atoms with E-state index >= 15 is 0 Å². The summed E-state index contributed by atoms with van der Waals surface area (Å²) in [6.45, 7) is 5.53. The number of hydrogen-bond donors (Lipinski definition) is 1. The highest BCUT2D eigenvalue weighted by molar-refractivity contribution is 6.31. The molecule has 7 heteroatoms. The maximum Gasteiger partial charge on any atom is 0.157 e. The van der Waals surface area contributed by atoms with Gasteiger partial charge >= 0.3 is 0 Å². The molecule has 0 radical (unpaired) electrons. The third-order valence-corrected chi connectivity index (χ3v) is 10.5. The highest BCUT2D eigenvalue weighted by Gasteiger charge is 2.56. The first-order valence-corrected chi connectivity index (χ1v) is 14.8. The Morgan fingerprint density at radius 1 is 1.24 bits per heavy atom. The van der Waals surface area contributed by atoms with Gasteiger partial charge in [-0.3, -0.25) is 14.5 Å². The van der Waals surface area contributed by atoms with Crippen LogP contribution in [0.25, 0.3) is 11.0 Å². The second kappa shape index (κ2) is 10.9. The van der Waals surface area contributed by atoms with Crippen LogP contribution in [0.2, 0.25) is 5.02 Å². The molecule has 0 aliphatic heterocycles. The Balaban J connectivity index is 1.18. The third kappa shape index (κ3) is 5.77. The van der Waals surface area contributed by atoms with Crippen LogP contribution in [-0.4, -0.2) is 45.0 Å². The molecule has 0 saturated heterocycles. The minimum atomic E-state index is -0.572. The average Bonchev–Trinajstić information content (AvgIpc) is 3.41. The van der Waals surface area contributed by atoms with E-state index in [9.17, 15) is 9.90 Å². The van der Waals surface area contributed by atoms with Crippen LogP contribution in [0.3, 0.4) is 0 Å². The molecule has 0 spiro atoms. The van der Waals surface area contributed by atoms with Gasteiger partial charge in [-0.15, -0.1) is 0 Å². The molecule has 7 atom stereocenters. The van der Waals surface area contributed by atoms with Gasteiger partial charge in [0.15, 0.2) is 5.78 Å². The zero-order valence-corrected chi connectivity index (χ0v) is 23.6. The second-order valence-corrected chi connectivity index (χ2v) is 13.3. The number of aromatic nitrogens is 3. The predicted molar refractivity (Wildman–Crippen MR) is 146 cm³/mol. The summed E-state index contributed by atoms with van der Waals surface area (Å²) in [5.41, 5.74) is 1.05. The lowest BCUT2D eigenvalue weighted by atomic mass is 9.53. The van der Waals surface area contributed by atoms with Crippen molar-refractivity contribution in [2.45, 2.75) is 96.6 Å². The summed E-state index contributed by atoms with van der Waals surface area (Å²) < 4.78 is 6.92. The van der Waals surface area contributed by atoms with E-state index in [4.69, 9.17) is 16.3 Å². The Morgan fingerprint density at radius 2 is 2.08 bits per heavy atom. The fourth-order valence-corrected chi connectivity index (χ4v) is 8.69. The van der Waals surface area contributed by atoms with Gasteiger partial charge in [0, 0.05) is 25.8 Å². The Morgan fingerprint density at radius 3 is 2.89 bits per heavy atom. The van der Waals surface area contributed by atoms with Crippen molar-refractivity contribution in [2.75, 3.05) is 13.7 Å². The van der Waals surface area contributed by atoms with Crippen molar-refractivity contribution >= 4 is 28.4 Å². The number of nitrogens with zero attached hydrogens (tertiary/aromatic N) is 3. The number of halogens is 1. The maximum absolute atomic E-state index is 13.6. The SMILES string of the molecule is COCCCC[C@@](C)(O)C[C@@H]1CC[C@@H]2[C@H](CC[C@]3(C)[C@@H](C(=O)Cn4cc5ncc(Cl)cc5n4)CC[C@@H]23)C1. The number of hydrogen-bond acceptors (Lipinski definition) is 5. The first-order valence-electron chi connectivity index (χ1n) is 14.4. The quantitative estimate of drug-likeness (QED) is 0.357. The van der Waals surface area contributed by atoms with Gasteiger partial charge in [0.2, 0.25) is 0 Å². The van der Waals surface area contributed by atoms with Crippen LogP contribution in [-0.2, 0) is 16.1 Å². The summed E-state index contributed by atoms with van der Waals surface area (Å²) in [5, 5.41) is 16.2. The van der Waals surface area contributed by atoms with Crippen LogP contribution in [0, 0.1) is 35.0 Å². The Kier molecular flexibility index (Phi) is 8.00. The molecule has 0 aromatic carbocycles. The minimum absolute atomic E-state index is 0.103. The van der Waals surface area contributed by atoms with E-state index in [2.05, 4.69) is 17.0 Å². The smallest absolute Gasteiger partial charge is 0.157 e. The summed E-state index contributed by atoms with van der Waals surface area (Å²) in [6, 6.07) is 1.80. The van der Waals surface area contributed by atoms with Gasteiger partial charge in [0.1, 0.15) is 11.0 Å². The van der Waals surface area contributed by atoms with Crippen molar-refractivity contribution in [3.63, 3.8) is 0 Å². The largest absolute Gasteiger partial charge is 0.390 e. The van der Waals surface area contributed by atoms with Gasteiger partial charge in [-0.25, -0.2) is 0 Å². The molecule has 0 bridgehead atoms. The first kappa shape index (κ1) is 27.1. The van der Waals surface area contributed by atoms with Gasteiger partial charge in [-0.05, 0) is 106 Å². The fourth-order valence-electron chi connectivity index (χ4n) is 8.54. The number of ether oxygens (including phenoxy) is 1. The van der Waals surface area contributed by atoms with Crippen molar-refractivity contribution in [1.29, 1.82) is 0 Å². The molecule has 3 aliphatic carbocycles. The topological polar surface area (TPSA) is 77.2 Å². The molecule has 0 unspecified atom stereocenters. The lowest BCUT2D eigenvalue weighted by Gasteiger charge is -2.52. The molecule has 3 fully saturated rings. The number of carbonyl (C=O) groups is 1. The van der Waals surface area contributed by atoms with Crippen molar-refractivity contribution in [3.8, 4) is 0 Å². The summed E-state index contributed by atoms with van der Waals surface area (Å²) in [7, 11) is 1.74. The molecule has 204 valence electrons. The van der Waals surface area contributed by atoms with Crippen LogP contribution in [0.15, 0.2) is 18.5 Å². The number of fused-ring (bicyclic) bond motifs is 4. The molecule has 3 aliphatic rings. The summed E-state index contributed by atoms with van der Waals surface area (Å²) >= 11 is 6.06. The zero-order valence-electron chi connectivity index (χ0n) is 22.8. The zero-order chi connectivity index (χ0) is 26.2. The second-order valence-electron chi connectivity index (χ2n) is 12.9. The van der Waals surface area contributed by atoms with Crippen molar-refractivity contribution in [3.05, 3.63) is 23.5 Å². The summed E-state index contributed by atoms with van der Waals surface area (Å²) in [6.07, 6.45) is 15.6. The monoisotopic (exact) mass is 529 g/mol. The van der Waals surface area contributed by atoms with E-state index in [1.54, 1.807) is 24.1 Å². The normalized spacial score (nSPS) is 33.2. The standard InChI is InChI=1S/C30H44ClN3O3/c1-29(36,11-4-5-13-37-3)16-20-6-7-23-21(14-20)10-12-30(2)24(23)8-9-25(30)28(35)19-34-18-27-26(33-34)15-22(31)17-32-27/h15,17-18,20-21,23-25,36H,4-14,16,19H2,1-3H3/t20-,21-,23-,24+,25-,29-,30+/m1/s1. The van der Waals surface area contributed by atoms with E-state index in [1.807, 2.05) is 13.1 Å². The molecule has 6 nitrogen and oxygen atoms in total. The van der Waals surface area contributed by atoms with Crippen LogP contribution in [0.5, 0.6) is 0 Å². The van der Waals surface area contributed by atoms with E-state index in [0.29, 0.717) is 29.2 Å². The van der Waals surface area contributed by atoms with E-state index < -0.39 is 5.60 Å². The molecule has 0 amide bonds. The lowest BCUT2D eigenvalue weighted by Crippen LogP contribution is -2.46. The molecular formula is C30H44ClN3O3. The Labute approximate surface area is 226 Å². The molecule has 3 saturated carbocycles. The molecule has 2 aromatic rings. The molecule has 37 heavy (non-hydrogen) atoms. The van der Waals surface area contributed by atoms with Crippen molar-refractivity contribution < 1.29 is 14.6 Å². The van der Waals surface area contributed by atoms with E-state index in [0.717, 1.165) is 68.0 Å². The summed E-state index contributed by atoms with van der Waals surface area (Å²) in [5.74, 6) is 3.19. The molecule has 5 rings (SSSR count). The highest BCUT2D eigenvalue weighted by atomic mass is 35.5. The molecular weight excluding hydrogens is 486 g/mol. The van der Waals surface area contributed by atoms with Gasteiger partial charge in [-0.2, -0.15) is 5.10 Å². The minimum Gasteiger partial charge on any atom is -0.390 e. The van der Waals surface area contributed by atoms with Crippen LogP contribution >= 0.6 is 11.6 Å². The number of Topliss-reactive ketones (excluding diaryl/α,β-unsaturated/α-hetero) is 1. The van der Waals surface area contributed by atoms with Crippen molar-refractivity contribution in [1.82, 2.24) is 14.8 Å². The van der Waals surface area contributed by atoms with Gasteiger partial charge in [-0.1, -0.05) is 24.9 Å². The van der Waals surface area contributed by atoms with Crippen LogP contribution in [0.1, 0.15) is 84.5 Å². The number of carbonyl (C=O) groups excluding carboxylic acids is 1. The van der Waals surface area contributed by atoms with Gasteiger partial charge < -0.3 is 9.84 Å². The Bertz CT molecular complexity index is 1100. The first-order chi connectivity index (χ1) is 17.7. The number of unbranched alkanes of at least 4 members (excludes halogenated alkanes) is 1. The maximum atomic E-state index is 13.6. The van der Waals surface area contributed by atoms with Crippen molar-refractivity contribution in [2.24, 2.45) is 35.0 Å². The van der Waals surface area contributed by atoms with Gasteiger partial charge in [0.05, 0.1) is 23.4 Å². The fraction of sp³-hybridized carbons (Fsp3) is 0.767. The van der Waals surface area contributed by atoms with Crippen LogP contribution < -0.4 is 0 Å². The number of ketones is 1. The summed E-state index contributed by atoms with van der Waals surface area (Å²) in [4.78, 5) is 17.9. The molecule has 2 aromatic heterocycles. The number of rotatable bonds is 10. The lowest BCUT2D eigenvalue weighted by molar-refractivity contribution is -0.130. The average molecular weight is 530 g/mol. The number of methoxy groups -OCH3 is 1. The molecule has 1 N–H and O–H groups in total. The van der Waals surface area contributed by atoms with Crippen LogP contribution in [0.4, 0.5) is 0 Å². The molecule has 2 heterocycles. The Hall–Kier alpha value is -1.50. The highest BCUT2D eigenvalue weighted by Crippen LogP contribution is 2.62. The third-order valence-electron chi connectivity index (χ3n) is 10.3. The number of aliphatic hydroxyl groups is 1. The predicted octanol–water partition coefficient (Wildman–Crippen LogP) is 6.47. The van der Waals surface area contributed by atoms with E-state index in [-0.39, 0.29) is 11.3 Å².